The molecule has 122 valence electrons. The van der Waals surface area contributed by atoms with Crippen molar-refractivity contribution in [2.24, 2.45) is 0 Å². The second kappa shape index (κ2) is 6.81. The molecule has 0 saturated heterocycles. The molecule has 2 aromatic rings. The van der Waals surface area contributed by atoms with Crippen LogP contribution in [0.3, 0.4) is 0 Å². The van der Waals surface area contributed by atoms with E-state index in [2.05, 4.69) is 5.32 Å². The van der Waals surface area contributed by atoms with Crippen LogP contribution in [0.5, 0.6) is 0 Å². The molecule has 0 aromatic heterocycles. The van der Waals surface area contributed by atoms with Crippen molar-refractivity contribution < 1.29 is 18.0 Å². The summed E-state index contributed by atoms with van der Waals surface area (Å²) < 4.78 is 38.1. The lowest BCUT2D eigenvalue weighted by atomic mass is 10.1. The molecular weight excluding hydrogens is 350 g/mol. The smallest absolute Gasteiger partial charge is 0.345 e. The van der Waals surface area contributed by atoms with Crippen molar-refractivity contribution >= 4 is 29.1 Å². The molecule has 7 heteroatoms. The monoisotopic (exact) mass is 361 g/mol. The van der Waals surface area contributed by atoms with E-state index in [-0.39, 0.29) is 5.56 Å². The van der Waals surface area contributed by atoms with Gasteiger partial charge in [0.25, 0.3) is 5.91 Å². The second-order valence-electron chi connectivity index (χ2n) is 4.94. The predicted molar refractivity (Wildman–Crippen MR) is 83.8 cm³/mol. The SMILES string of the molecule is C[C@H](NC(=O)c1cccc(C(F)(F)F)c1)c1ccc(Cl)cc1Cl. The molecule has 0 aliphatic heterocycles. The van der Waals surface area contributed by atoms with Crippen LogP contribution in [0, 0.1) is 0 Å². The largest absolute Gasteiger partial charge is 0.416 e. The Morgan fingerprint density at radius 3 is 2.43 bits per heavy atom. The predicted octanol–water partition coefficient (Wildman–Crippen LogP) is 5.50. The van der Waals surface area contributed by atoms with E-state index in [0.29, 0.717) is 15.6 Å². The quantitative estimate of drug-likeness (QED) is 0.767. The molecule has 2 rings (SSSR count). The van der Waals surface area contributed by atoms with E-state index >= 15 is 0 Å². The van der Waals surface area contributed by atoms with Gasteiger partial charge in [0.1, 0.15) is 0 Å². The number of nitrogens with one attached hydrogen (secondary N) is 1. The highest BCUT2D eigenvalue weighted by Crippen LogP contribution is 2.30. The zero-order valence-electron chi connectivity index (χ0n) is 11.9. The Hall–Kier alpha value is -1.72. The Morgan fingerprint density at radius 1 is 1.13 bits per heavy atom. The molecule has 0 aliphatic carbocycles. The van der Waals surface area contributed by atoms with Crippen LogP contribution in [0.15, 0.2) is 42.5 Å². The summed E-state index contributed by atoms with van der Waals surface area (Å²) in [6, 6.07) is 8.56. The number of benzene rings is 2. The summed E-state index contributed by atoms with van der Waals surface area (Å²) in [5, 5.41) is 3.44. The lowest BCUT2D eigenvalue weighted by Gasteiger charge is -2.16. The maximum atomic E-state index is 12.7. The van der Waals surface area contributed by atoms with Gasteiger partial charge in [-0.15, -0.1) is 0 Å². The minimum absolute atomic E-state index is 0.0724. The summed E-state index contributed by atoms with van der Waals surface area (Å²) in [5.41, 5.74) is -0.324. The van der Waals surface area contributed by atoms with E-state index in [1.54, 1.807) is 19.1 Å². The van der Waals surface area contributed by atoms with Gasteiger partial charge >= 0.3 is 6.18 Å². The number of rotatable bonds is 3. The molecule has 1 N–H and O–H groups in total. The van der Waals surface area contributed by atoms with Gasteiger partial charge < -0.3 is 5.32 Å². The maximum absolute atomic E-state index is 12.7. The van der Waals surface area contributed by atoms with Gasteiger partial charge in [0.2, 0.25) is 0 Å². The average Bonchev–Trinajstić information content (AvgIpc) is 2.46. The van der Waals surface area contributed by atoms with E-state index in [4.69, 9.17) is 23.2 Å². The molecule has 23 heavy (non-hydrogen) atoms. The van der Waals surface area contributed by atoms with E-state index in [1.165, 1.54) is 18.2 Å². The molecule has 0 saturated carbocycles. The molecule has 1 atom stereocenters. The zero-order chi connectivity index (χ0) is 17.2. The first-order valence-corrected chi connectivity index (χ1v) is 7.37. The van der Waals surface area contributed by atoms with Crippen LogP contribution in [0.1, 0.15) is 34.5 Å². The highest BCUT2D eigenvalue weighted by Gasteiger charge is 2.31. The Morgan fingerprint density at radius 2 is 1.83 bits per heavy atom. The molecule has 1 amide bonds. The van der Waals surface area contributed by atoms with Gasteiger partial charge in [-0.1, -0.05) is 35.3 Å². The summed E-state index contributed by atoms with van der Waals surface area (Å²) in [6.45, 7) is 1.68. The van der Waals surface area contributed by atoms with Crippen molar-refractivity contribution in [2.45, 2.75) is 19.1 Å². The molecular formula is C16H12Cl2F3NO. The van der Waals surface area contributed by atoms with Crippen LogP contribution < -0.4 is 5.32 Å². The van der Waals surface area contributed by atoms with Crippen LogP contribution in [0.25, 0.3) is 0 Å². The van der Waals surface area contributed by atoms with Gasteiger partial charge in [0.15, 0.2) is 0 Å². The molecule has 0 bridgehead atoms. The number of halogens is 5. The van der Waals surface area contributed by atoms with Crippen molar-refractivity contribution in [3.8, 4) is 0 Å². The number of amides is 1. The van der Waals surface area contributed by atoms with E-state index in [9.17, 15) is 18.0 Å². The maximum Gasteiger partial charge on any atom is 0.416 e. The molecule has 0 fully saturated rings. The third-order valence-electron chi connectivity index (χ3n) is 3.23. The average molecular weight is 362 g/mol. The summed E-state index contributed by atoms with van der Waals surface area (Å²) in [4.78, 5) is 12.1. The fourth-order valence-corrected chi connectivity index (χ4v) is 2.62. The molecule has 2 nitrogen and oxygen atoms in total. The lowest BCUT2D eigenvalue weighted by molar-refractivity contribution is -0.137. The third kappa shape index (κ3) is 4.39. The van der Waals surface area contributed by atoms with E-state index in [1.807, 2.05) is 0 Å². The number of carbonyl (C=O) groups excluding carboxylic acids is 1. The first kappa shape index (κ1) is 17.6. The van der Waals surface area contributed by atoms with Crippen LogP contribution >= 0.6 is 23.2 Å². The van der Waals surface area contributed by atoms with Gasteiger partial charge in [-0.2, -0.15) is 13.2 Å². The highest BCUT2D eigenvalue weighted by atomic mass is 35.5. The number of alkyl halides is 3. The highest BCUT2D eigenvalue weighted by molar-refractivity contribution is 6.35. The number of carbonyl (C=O) groups is 1. The van der Waals surface area contributed by atoms with Gasteiger partial charge in [-0.05, 0) is 42.8 Å². The fraction of sp³-hybridized carbons (Fsp3) is 0.188. The minimum atomic E-state index is -4.50. The van der Waals surface area contributed by atoms with Gasteiger partial charge in [-0.25, -0.2) is 0 Å². The standard InChI is InChI=1S/C16H12Cl2F3NO/c1-9(13-6-5-12(17)8-14(13)18)22-15(23)10-3-2-4-11(7-10)16(19,20)21/h2-9H,1H3,(H,22,23)/t9-/m0/s1. The zero-order valence-corrected chi connectivity index (χ0v) is 13.4. The minimum Gasteiger partial charge on any atom is -0.345 e. The van der Waals surface area contributed by atoms with Gasteiger partial charge in [0.05, 0.1) is 11.6 Å². The van der Waals surface area contributed by atoms with Crippen LogP contribution in [-0.2, 0) is 6.18 Å². The Bertz CT molecular complexity index is 732. The Kier molecular flexibility index (Phi) is 5.22. The van der Waals surface area contributed by atoms with Crippen molar-refractivity contribution in [1.29, 1.82) is 0 Å². The van der Waals surface area contributed by atoms with Crippen molar-refractivity contribution in [2.75, 3.05) is 0 Å². The first-order valence-electron chi connectivity index (χ1n) is 6.61. The topological polar surface area (TPSA) is 29.1 Å². The van der Waals surface area contributed by atoms with Crippen molar-refractivity contribution in [1.82, 2.24) is 5.32 Å². The summed E-state index contributed by atoms with van der Waals surface area (Å²) in [7, 11) is 0. The molecule has 0 heterocycles. The van der Waals surface area contributed by atoms with Gasteiger partial charge in [0, 0.05) is 15.6 Å². The Balaban J connectivity index is 2.18. The normalized spacial score (nSPS) is 12.8. The third-order valence-corrected chi connectivity index (χ3v) is 3.79. The first-order chi connectivity index (χ1) is 10.7. The molecule has 0 aliphatic rings. The van der Waals surface area contributed by atoms with Crippen LogP contribution in [0.4, 0.5) is 13.2 Å². The molecule has 2 aromatic carbocycles. The summed E-state index contributed by atoms with van der Waals surface area (Å²) >= 11 is 11.9. The Labute approximate surface area is 141 Å². The summed E-state index contributed by atoms with van der Waals surface area (Å²) in [5.74, 6) is -0.616. The number of hydrogen-bond acceptors (Lipinski definition) is 1. The van der Waals surface area contributed by atoms with E-state index < -0.39 is 23.7 Å². The second-order valence-corrected chi connectivity index (χ2v) is 5.78. The van der Waals surface area contributed by atoms with Crippen molar-refractivity contribution in [3.05, 3.63) is 69.2 Å². The summed E-state index contributed by atoms with van der Waals surface area (Å²) in [6.07, 6.45) is -4.50. The molecule has 0 unspecified atom stereocenters. The lowest BCUT2D eigenvalue weighted by Crippen LogP contribution is -2.27. The fourth-order valence-electron chi connectivity index (χ4n) is 2.05. The molecule has 0 radical (unpaired) electrons. The van der Waals surface area contributed by atoms with Crippen LogP contribution in [-0.4, -0.2) is 5.91 Å². The van der Waals surface area contributed by atoms with E-state index in [0.717, 1.165) is 12.1 Å². The van der Waals surface area contributed by atoms with Crippen LogP contribution in [0.2, 0.25) is 10.0 Å². The van der Waals surface area contributed by atoms with Gasteiger partial charge in [-0.3, -0.25) is 4.79 Å². The van der Waals surface area contributed by atoms with Crippen molar-refractivity contribution in [3.63, 3.8) is 0 Å². The molecule has 0 spiro atoms. The number of hydrogen-bond donors (Lipinski definition) is 1.